The average molecular weight is 528 g/mol. The number of carbonyl (C=O) groups is 2. The predicted octanol–water partition coefficient (Wildman–Crippen LogP) is 5.95. The van der Waals surface area contributed by atoms with Gasteiger partial charge in [-0.3, -0.25) is 14.5 Å². The summed E-state index contributed by atoms with van der Waals surface area (Å²) in [4.78, 5) is 28.1. The van der Waals surface area contributed by atoms with E-state index in [1.54, 1.807) is 42.5 Å². The molecule has 3 aromatic carbocycles. The fourth-order valence-electron chi connectivity index (χ4n) is 4.27. The molecule has 9 heteroatoms. The second-order valence-corrected chi connectivity index (χ2v) is 8.85. The zero-order valence-corrected chi connectivity index (χ0v) is 21.5. The molecule has 186 valence electrons. The first-order valence-electron chi connectivity index (χ1n) is 10.8. The molecule has 1 unspecified atom stereocenters. The highest BCUT2D eigenvalue weighted by Crippen LogP contribution is 2.48. The fourth-order valence-corrected chi connectivity index (χ4v) is 4.96. The summed E-state index contributed by atoms with van der Waals surface area (Å²) in [6.07, 6.45) is 0. The molecule has 1 atom stereocenters. The maximum atomic E-state index is 13.4. The van der Waals surface area contributed by atoms with Crippen LogP contribution in [0.2, 0.25) is 10.0 Å². The lowest BCUT2D eigenvalue weighted by atomic mass is 9.94. The van der Waals surface area contributed by atoms with Crippen molar-refractivity contribution in [2.24, 2.45) is 0 Å². The van der Waals surface area contributed by atoms with E-state index in [0.717, 1.165) is 5.56 Å². The van der Waals surface area contributed by atoms with Crippen molar-refractivity contribution in [2.75, 3.05) is 26.2 Å². The van der Waals surface area contributed by atoms with E-state index >= 15 is 0 Å². The molecule has 0 aliphatic carbocycles. The Morgan fingerprint density at radius 3 is 2.17 bits per heavy atom. The Labute approximate surface area is 218 Å². The van der Waals surface area contributed by atoms with Crippen molar-refractivity contribution in [1.29, 1.82) is 0 Å². The van der Waals surface area contributed by atoms with Gasteiger partial charge in [-0.05, 0) is 48.4 Å². The Kier molecular flexibility index (Phi) is 7.15. The second kappa shape index (κ2) is 10.1. The van der Waals surface area contributed by atoms with Gasteiger partial charge < -0.3 is 19.3 Å². The summed E-state index contributed by atoms with van der Waals surface area (Å²) in [5, 5.41) is 11.6. The minimum absolute atomic E-state index is 0.0166. The van der Waals surface area contributed by atoms with Gasteiger partial charge >= 0.3 is 0 Å². The highest BCUT2D eigenvalue weighted by atomic mass is 35.5. The number of halogens is 2. The molecule has 1 aliphatic rings. The first-order chi connectivity index (χ1) is 17.2. The zero-order chi connectivity index (χ0) is 26.1. The molecule has 1 N–H and O–H groups in total. The van der Waals surface area contributed by atoms with E-state index in [2.05, 4.69) is 0 Å². The molecule has 1 heterocycles. The number of aliphatic hydroxyl groups excluding tert-OH is 1. The topological polar surface area (TPSA) is 85.3 Å². The van der Waals surface area contributed by atoms with Gasteiger partial charge in [0.2, 0.25) is 0 Å². The number of ketones is 1. The number of anilines is 1. The molecule has 0 radical (unpaired) electrons. The van der Waals surface area contributed by atoms with Crippen molar-refractivity contribution >= 4 is 46.3 Å². The molecule has 0 spiro atoms. The number of amides is 1. The van der Waals surface area contributed by atoms with Crippen molar-refractivity contribution < 1.29 is 28.9 Å². The Hall–Kier alpha value is -3.68. The number of nitrogens with zero attached hydrogens (tertiary/aromatic N) is 1. The highest BCUT2D eigenvalue weighted by Gasteiger charge is 2.47. The number of benzene rings is 3. The molecule has 3 aromatic rings. The highest BCUT2D eigenvalue weighted by molar-refractivity contribution is 6.52. The standard InChI is InChI=1S/C27H23Cl2NO6/c1-14-6-5-7-16(12-14)30-22(15-8-10-17(34-2)11-9-15)20(24(32)27(30)33)23(31)18-13-19(28)26(36-4)21(29)25(18)35-3/h5-13,22,31H,1-4H3/b23-20+. The van der Waals surface area contributed by atoms with Crippen LogP contribution in [-0.4, -0.2) is 38.1 Å². The minimum Gasteiger partial charge on any atom is -0.507 e. The van der Waals surface area contributed by atoms with Crippen LogP contribution in [0.3, 0.4) is 0 Å². The predicted molar refractivity (Wildman–Crippen MR) is 139 cm³/mol. The van der Waals surface area contributed by atoms with E-state index in [9.17, 15) is 14.7 Å². The van der Waals surface area contributed by atoms with Crippen LogP contribution in [0.15, 0.2) is 60.2 Å². The molecule has 0 bridgehead atoms. The van der Waals surface area contributed by atoms with Crippen LogP contribution in [0.25, 0.3) is 5.76 Å². The maximum Gasteiger partial charge on any atom is 0.300 e. The van der Waals surface area contributed by atoms with Gasteiger partial charge in [-0.15, -0.1) is 0 Å². The van der Waals surface area contributed by atoms with Gasteiger partial charge in [-0.2, -0.15) is 0 Å². The smallest absolute Gasteiger partial charge is 0.300 e. The molecular weight excluding hydrogens is 505 g/mol. The molecule has 36 heavy (non-hydrogen) atoms. The van der Waals surface area contributed by atoms with E-state index in [0.29, 0.717) is 17.0 Å². The summed E-state index contributed by atoms with van der Waals surface area (Å²) in [6, 6.07) is 14.5. The number of methoxy groups -OCH3 is 3. The molecule has 1 saturated heterocycles. The quantitative estimate of drug-likeness (QED) is 0.242. The van der Waals surface area contributed by atoms with E-state index in [4.69, 9.17) is 37.4 Å². The Balaban J connectivity index is 2.01. The summed E-state index contributed by atoms with van der Waals surface area (Å²) in [7, 11) is 4.29. The summed E-state index contributed by atoms with van der Waals surface area (Å²) in [6.45, 7) is 1.88. The largest absolute Gasteiger partial charge is 0.507 e. The van der Waals surface area contributed by atoms with E-state index in [1.165, 1.54) is 32.3 Å². The van der Waals surface area contributed by atoms with E-state index < -0.39 is 23.5 Å². The normalized spacial score (nSPS) is 16.8. The molecular formula is C27H23Cl2NO6. The monoisotopic (exact) mass is 527 g/mol. The van der Waals surface area contributed by atoms with Gasteiger partial charge in [0, 0.05) is 5.69 Å². The Morgan fingerprint density at radius 2 is 1.58 bits per heavy atom. The number of hydrogen-bond acceptors (Lipinski definition) is 6. The number of hydrogen-bond donors (Lipinski definition) is 1. The van der Waals surface area contributed by atoms with Gasteiger partial charge in [-0.1, -0.05) is 47.5 Å². The average Bonchev–Trinajstić information content (AvgIpc) is 3.14. The van der Waals surface area contributed by atoms with E-state index in [1.807, 2.05) is 13.0 Å². The van der Waals surface area contributed by atoms with Gasteiger partial charge in [0.1, 0.15) is 16.5 Å². The third-order valence-electron chi connectivity index (χ3n) is 5.95. The van der Waals surface area contributed by atoms with Crippen molar-refractivity contribution in [3.05, 3.63) is 86.9 Å². The summed E-state index contributed by atoms with van der Waals surface area (Å²) >= 11 is 12.8. The molecule has 0 aromatic heterocycles. The molecule has 4 rings (SSSR count). The number of aryl methyl sites for hydroxylation is 1. The Bertz CT molecular complexity index is 1380. The third-order valence-corrected chi connectivity index (χ3v) is 6.57. The van der Waals surface area contributed by atoms with Crippen molar-refractivity contribution in [3.8, 4) is 17.2 Å². The van der Waals surface area contributed by atoms with Crippen LogP contribution in [0, 0.1) is 6.92 Å². The lowest BCUT2D eigenvalue weighted by Crippen LogP contribution is -2.29. The first-order valence-corrected chi connectivity index (χ1v) is 11.6. The maximum absolute atomic E-state index is 13.4. The lowest BCUT2D eigenvalue weighted by Gasteiger charge is -2.26. The molecule has 1 aliphatic heterocycles. The number of ether oxygens (including phenoxy) is 3. The second-order valence-electron chi connectivity index (χ2n) is 8.07. The van der Waals surface area contributed by atoms with Crippen LogP contribution in [-0.2, 0) is 9.59 Å². The summed E-state index contributed by atoms with van der Waals surface area (Å²) in [5.41, 5.74) is 1.91. The first kappa shape index (κ1) is 25.4. The number of Topliss-reactive ketones (excluding diaryl/α,β-unsaturated/α-hetero) is 1. The van der Waals surface area contributed by atoms with Crippen LogP contribution >= 0.6 is 23.2 Å². The fraction of sp³-hybridized carbons (Fsp3) is 0.185. The van der Waals surface area contributed by atoms with Gasteiger partial charge in [0.05, 0.1) is 43.5 Å². The number of aliphatic hydroxyl groups is 1. The van der Waals surface area contributed by atoms with Crippen molar-refractivity contribution in [1.82, 2.24) is 0 Å². The van der Waals surface area contributed by atoms with Crippen molar-refractivity contribution in [2.45, 2.75) is 13.0 Å². The molecule has 7 nitrogen and oxygen atoms in total. The molecule has 1 amide bonds. The number of carbonyl (C=O) groups excluding carboxylic acids is 2. The Morgan fingerprint density at radius 1 is 0.917 bits per heavy atom. The van der Waals surface area contributed by atoms with Gasteiger partial charge in [0.25, 0.3) is 11.7 Å². The van der Waals surface area contributed by atoms with Crippen LogP contribution in [0.5, 0.6) is 17.2 Å². The third kappa shape index (κ3) is 4.25. The molecule has 1 fully saturated rings. The van der Waals surface area contributed by atoms with Crippen molar-refractivity contribution in [3.63, 3.8) is 0 Å². The SMILES string of the molecule is COc1ccc(C2/C(=C(\O)c3cc(Cl)c(OC)c(Cl)c3OC)C(=O)C(=O)N2c2cccc(C)c2)cc1. The van der Waals surface area contributed by atoms with Gasteiger partial charge in [0.15, 0.2) is 11.5 Å². The minimum atomic E-state index is -0.943. The van der Waals surface area contributed by atoms with E-state index in [-0.39, 0.29) is 32.7 Å². The zero-order valence-electron chi connectivity index (χ0n) is 20.0. The van der Waals surface area contributed by atoms with Crippen LogP contribution in [0.4, 0.5) is 5.69 Å². The molecule has 0 saturated carbocycles. The van der Waals surface area contributed by atoms with Crippen LogP contribution < -0.4 is 19.1 Å². The van der Waals surface area contributed by atoms with Gasteiger partial charge in [-0.25, -0.2) is 0 Å². The summed E-state index contributed by atoms with van der Waals surface area (Å²) in [5.74, 6) is -1.33. The van der Waals surface area contributed by atoms with Crippen LogP contribution in [0.1, 0.15) is 22.7 Å². The number of rotatable bonds is 6. The summed E-state index contributed by atoms with van der Waals surface area (Å²) < 4.78 is 15.9. The lowest BCUT2D eigenvalue weighted by molar-refractivity contribution is -0.132.